The molecule has 160 valence electrons. The van der Waals surface area contributed by atoms with Gasteiger partial charge in [0.15, 0.2) is 4.90 Å². The molecule has 1 aliphatic heterocycles. The zero-order valence-electron chi connectivity index (χ0n) is 17.1. The first-order valence-electron chi connectivity index (χ1n) is 10.2. The molecule has 5 rings (SSSR count). The second-order valence-electron chi connectivity index (χ2n) is 8.52. The Bertz CT molecular complexity index is 1110. The minimum absolute atomic E-state index is 0.116. The van der Waals surface area contributed by atoms with E-state index in [2.05, 4.69) is 26.1 Å². The lowest BCUT2D eigenvalue weighted by molar-refractivity contribution is 0.136. The molecule has 2 aromatic rings. The van der Waals surface area contributed by atoms with E-state index in [1.807, 2.05) is 14.1 Å². The fraction of sp³-hybridized carbons (Fsp3) is 0.500. The molecule has 1 atom stereocenters. The molecule has 0 bridgehead atoms. The number of aromatic nitrogens is 2. The number of hydrogen-bond donors (Lipinski definition) is 2. The average Bonchev–Trinajstić information content (AvgIpc) is 3.02. The lowest BCUT2D eigenvalue weighted by atomic mass is 9.76. The maximum Gasteiger partial charge on any atom is 0.333 e. The van der Waals surface area contributed by atoms with Gasteiger partial charge >= 0.3 is 6.03 Å². The zero-order valence-corrected chi connectivity index (χ0v) is 17.9. The Kier molecular flexibility index (Phi) is 4.51. The number of amides is 2. The van der Waals surface area contributed by atoms with Crippen LogP contribution in [0.5, 0.6) is 5.88 Å². The number of hydrogen-bond acceptors (Lipinski definition) is 6. The fourth-order valence-electron chi connectivity index (χ4n) is 4.48. The van der Waals surface area contributed by atoms with E-state index in [9.17, 15) is 13.2 Å². The van der Waals surface area contributed by atoms with E-state index in [4.69, 9.17) is 4.74 Å². The molecular weight excluding hydrogens is 406 g/mol. The van der Waals surface area contributed by atoms with Crippen LogP contribution in [-0.2, 0) is 42.3 Å². The van der Waals surface area contributed by atoms with Gasteiger partial charge in [0.05, 0.1) is 19.3 Å². The quantitative estimate of drug-likeness (QED) is 0.736. The Morgan fingerprint density at radius 2 is 1.93 bits per heavy atom. The predicted molar refractivity (Wildman–Crippen MR) is 110 cm³/mol. The summed E-state index contributed by atoms with van der Waals surface area (Å²) < 4.78 is 35.1. The molecule has 2 aliphatic carbocycles. The number of benzene rings is 1. The normalized spacial score (nSPS) is 19.0. The van der Waals surface area contributed by atoms with Gasteiger partial charge in [0.25, 0.3) is 10.0 Å². The molecule has 30 heavy (non-hydrogen) atoms. The molecule has 0 saturated heterocycles. The Balaban J connectivity index is 1.32. The highest BCUT2D eigenvalue weighted by molar-refractivity contribution is 7.90. The van der Waals surface area contributed by atoms with Gasteiger partial charge in [-0.25, -0.2) is 22.6 Å². The number of aryl methyl sites for hydroxylation is 2. The van der Waals surface area contributed by atoms with Gasteiger partial charge in [0, 0.05) is 18.2 Å². The summed E-state index contributed by atoms with van der Waals surface area (Å²) in [7, 11) is -0.155. The standard InChI is InChI=1S/C20H25N5O4S/c1-24(2)9-12-10-25-19(29-11-12)17(8-21-25)30(27,28)23-20(26)22-18-15-5-3-13(15)7-14-4-6-16(14)18/h7-8,12H,3-6,9-11H2,1-2H3,(H2,22,23,26). The van der Waals surface area contributed by atoms with Crippen molar-refractivity contribution in [2.24, 2.45) is 5.92 Å². The van der Waals surface area contributed by atoms with Crippen molar-refractivity contribution in [3.63, 3.8) is 0 Å². The van der Waals surface area contributed by atoms with Crippen molar-refractivity contribution in [1.82, 2.24) is 19.4 Å². The van der Waals surface area contributed by atoms with Crippen LogP contribution < -0.4 is 14.8 Å². The first-order valence-corrected chi connectivity index (χ1v) is 11.6. The van der Waals surface area contributed by atoms with Gasteiger partial charge < -0.3 is 15.0 Å². The van der Waals surface area contributed by atoms with Crippen LogP contribution in [0, 0.1) is 5.92 Å². The zero-order chi connectivity index (χ0) is 21.0. The van der Waals surface area contributed by atoms with Crippen LogP contribution in [0.15, 0.2) is 17.2 Å². The summed E-state index contributed by atoms with van der Waals surface area (Å²) >= 11 is 0. The van der Waals surface area contributed by atoms with Crippen LogP contribution in [0.3, 0.4) is 0 Å². The number of carbonyl (C=O) groups excluding carboxylic acids is 1. The number of nitrogens with zero attached hydrogens (tertiary/aromatic N) is 3. The number of urea groups is 1. The molecule has 10 heteroatoms. The maximum absolute atomic E-state index is 12.8. The van der Waals surface area contributed by atoms with Gasteiger partial charge in [-0.05, 0) is 62.0 Å². The Morgan fingerprint density at radius 1 is 1.23 bits per heavy atom. The number of nitrogens with one attached hydrogen (secondary N) is 2. The van der Waals surface area contributed by atoms with Crippen molar-refractivity contribution < 1.29 is 17.9 Å². The number of rotatable bonds is 5. The van der Waals surface area contributed by atoms with E-state index in [-0.39, 0.29) is 16.7 Å². The highest BCUT2D eigenvalue weighted by atomic mass is 32.2. The van der Waals surface area contributed by atoms with Crippen LogP contribution >= 0.6 is 0 Å². The molecule has 1 aromatic carbocycles. The fourth-order valence-corrected chi connectivity index (χ4v) is 5.46. The van der Waals surface area contributed by atoms with Crippen LogP contribution in [0.4, 0.5) is 10.5 Å². The molecule has 3 aliphatic rings. The molecule has 1 aromatic heterocycles. The Morgan fingerprint density at radius 3 is 2.53 bits per heavy atom. The van der Waals surface area contributed by atoms with Crippen molar-refractivity contribution in [1.29, 1.82) is 0 Å². The summed E-state index contributed by atoms with van der Waals surface area (Å²) in [5.41, 5.74) is 5.53. The minimum Gasteiger partial charge on any atom is -0.476 e. The number of fused-ring (bicyclic) bond motifs is 3. The van der Waals surface area contributed by atoms with Crippen molar-refractivity contribution in [2.75, 3.05) is 32.6 Å². The van der Waals surface area contributed by atoms with Gasteiger partial charge in [0.1, 0.15) is 0 Å². The topological polar surface area (TPSA) is 106 Å². The monoisotopic (exact) mass is 431 g/mol. The van der Waals surface area contributed by atoms with Crippen LogP contribution in [0.1, 0.15) is 22.3 Å². The summed E-state index contributed by atoms with van der Waals surface area (Å²) in [6.07, 6.45) is 5.07. The second-order valence-corrected chi connectivity index (χ2v) is 10.2. The Hall–Kier alpha value is -2.59. The van der Waals surface area contributed by atoms with E-state index in [1.54, 1.807) is 4.68 Å². The van der Waals surface area contributed by atoms with Crippen molar-refractivity contribution in [3.05, 3.63) is 34.5 Å². The third kappa shape index (κ3) is 3.24. The minimum atomic E-state index is -4.11. The number of anilines is 1. The molecule has 0 radical (unpaired) electrons. The molecule has 0 fully saturated rings. The van der Waals surface area contributed by atoms with Gasteiger partial charge in [-0.3, -0.25) is 0 Å². The van der Waals surface area contributed by atoms with Crippen molar-refractivity contribution in [2.45, 2.75) is 37.1 Å². The first kappa shape index (κ1) is 19.4. The Labute approximate surface area is 175 Å². The van der Waals surface area contributed by atoms with Gasteiger partial charge in [0.2, 0.25) is 5.88 Å². The molecule has 0 spiro atoms. The molecule has 2 heterocycles. The van der Waals surface area contributed by atoms with Gasteiger partial charge in [-0.15, -0.1) is 0 Å². The predicted octanol–water partition coefficient (Wildman–Crippen LogP) is 1.16. The largest absolute Gasteiger partial charge is 0.476 e. The molecule has 9 nitrogen and oxygen atoms in total. The van der Waals surface area contributed by atoms with E-state index >= 15 is 0 Å². The molecule has 2 N–H and O–H groups in total. The summed E-state index contributed by atoms with van der Waals surface area (Å²) in [5, 5.41) is 6.95. The van der Waals surface area contributed by atoms with Gasteiger partial charge in [-0.2, -0.15) is 5.10 Å². The van der Waals surface area contributed by atoms with Crippen LogP contribution in [0.25, 0.3) is 0 Å². The number of sulfonamides is 1. The number of ether oxygens (including phenoxy) is 1. The van der Waals surface area contributed by atoms with Crippen molar-refractivity contribution in [3.8, 4) is 5.88 Å². The van der Waals surface area contributed by atoms with Crippen LogP contribution in [-0.4, -0.2) is 56.4 Å². The van der Waals surface area contributed by atoms with E-state index < -0.39 is 16.1 Å². The molecular formula is C20H25N5O4S. The van der Waals surface area contributed by atoms with Crippen molar-refractivity contribution >= 4 is 21.7 Å². The van der Waals surface area contributed by atoms with Crippen LogP contribution in [0.2, 0.25) is 0 Å². The summed E-state index contributed by atoms with van der Waals surface area (Å²) in [4.78, 5) is 14.5. The third-order valence-corrected chi connectivity index (χ3v) is 7.35. The molecule has 1 unspecified atom stereocenters. The smallest absolute Gasteiger partial charge is 0.333 e. The van der Waals surface area contributed by atoms with E-state index in [1.165, 1.54) is 17.3 Å². The lowest BCUT2D eigenvalue weighted by Gasteiger charge is -2.32. The maximum atomic E-state index is 12.8. The molecule has 2 amide bonds. The third-order valence-electron chi connectivity index (χ3n) is 6.04. The highest BCUT2D eigenvalue weighted by Gasteiger charge is 2.32. The molecule has 0 saturated carbocycles. The number of carbonyl (C=O) groups is 1. The summed E-state index contributed by atoms with van der Waals surface area (Å²) in [5.74, 6) is 0.395. The van der Waals surface area contributed by atoms with E-state index in [0.717, 1.165) is 49.0 Å². The second kappa shape index (κ2) is 6.98. The summed E-state index contributed by atoms with van der Waals surface area (Å²) in [6.45, 7) is 1.78. The highest BCUT2D eigenvalue weighted by Crippen LogP contribution is 2.40. The summed E-state index contributed by atoms with van der Waals surface area (Å²) in [6, 6.07) is 1.45. The average molecular weight is 432 g/mol. The lowest BCUT2D eigenvalue weighted by Crippen LogP contribution is -2.37. The van der Waals surface area contributed by atoms with E-state index in [0.29, 0.717) is 13.2 Å². The first-order chi connectivity index (χ1) is 14.3. The SMILES string of the molecule is CN(C)CC1COc2c(S(=O)(=O)NC(=O)Nc3c4c(cc5c3CC5)CC4)cnn2C1. The van der Waals surface area contributed by atoms with Gasteiger partial charge in [-0.1, -0.05) is 6.07 Å².